The molecule has 0 atom stereocenters. The lowest BCUT2D eigenvalue weighted by Crippen LogP contribution is -2.14. The number of nitro groups is 1. The molecule has 3 rings (SSSR count). The molecule has 3 aromatic carbocycles. The average Bonchev–Trinajstić information content (AvgIpc) is 2.72. The summed E-state index contributed by atoms with van der Waals surface area (Å²) in [5.74, 6) is 0.155. The third-order valence-electron chi connectivity index (χ3n) is 3.94. The van der Waals surface area contributed by atoms with Gasteiger partial charge in [0.1, 0.15) is 18.9 Å². The Bertz CT molecular complexity index is 1030. The fourth-order valence-corrected chi connectivity index (χ4v) is 2.95. The van der Waals surface area contributed by atoms with Crippen LogP contribution in [0.5, 0.6) is 5.75 Å². The minimum absolute atomic E-state index is 0.0107. The van der Waals surface area contributed by atoms with Gasteiger partial charge in [-0.2, -0.15) is 0 Å². The Morgan fingerprint density at radius 1 is 1.00 bits per heavy atom. The van der Waals surface area contributed by atoms with Gasteiger partial charge in [0.2, 0.25) is 0 Å². The second-order valence-corrected chi connectivity index (χ2v) is 6.77. The van der Waals surface area contributed by atoms with Crippen LogP contribution in [0.15, 0.2) is 78.0 Å². The summed E-state index contributed by atoms with van der Waals surface area (Å²) < 4.78 is 5.66. The van der Waals surface area contributed by atoms with Crippen LogP contribution in [0.1, 0.15) is 11.1 Å². The van der Waals surface area contributed by atoms with Crippen LogP contribution in [0.2, 0.25) is 10.0 Å². The number of benzene rings is 3. The predicted molar refractivity (Wildman–Crippen MR) is 113 cm³/mol. The third kappa shape index (κ3) is 5.70. The summed E-state index contributed by atoms with van der Waals surface area (Å²) in [4.78, 5) is 16.1. The van der Waals surface area contributed by atoms with E-state index in [1.54, 1.807) is 30.3 Å². The van der Waals surface area contributed by atoms with Gasteiger partial charge in [-0.25, -0.2) is 0 Å². The Balaban J connectivity index is 1.77. The monoisotopic (exact) mass is 430 g/mol. The second-order valence-electron chi connectivity index (χ2n) is 5.93. The van der Waals surface area contributed by atoms with Crippen molar-refractivity contribution in [1.82, 2.24) is 0 Å². The van der Waals surface area contributed by atoms with Crippen LogP contribution in [0.25, 0.3) is 0 Å². The van der Waals surface area contributed by atoms with Gasteiger partial charge in [0.05, 0.1) is 4.92 Å². The standard InChI is InChI=1S/C21H16Cl2N2O4/c22-17-11-10-16(18(23)12-17)13-29-24-19(15-6-2-1-3-7-15)14-28-21-9-5-4-8-20(21)25(26)27/h1-12H,13-14H2/b24-19+. The maximum absolute atomic E-state index is 11.2. The summed E-state index contributed by atoms with van der Waals surface area (Å²) in [6.07, 6.45) is 0. The smallest absolute Gasteiger partial charge is 0.310 e. The zero-order valence-corrected chi connectivity index (χ0v) is 16.6. The Morgan fingerprint density at radius 2 is 1.72 bits per heavy atom. The molecule has 0 heterocycles. The first-order valence-corrected chi connectivity index (χ1v) is 9.34. The van der Waals surface area contributed by atoms with Crippen molar-refractivity contribution in [3.05, 3.63) is 104 Å². The lowest BCUT2D eigenvalue weighted by atomic mass is 10.1. The molecule has 0 bridgehead atoms. The van der Waals surface area contributed by atoms with Gasteiger partial charge in [-0.15, -0.1) is 0 Å². The van der Waals surface area contributed by atoms with Gasteiger partial charge >= 0.3 is 5.69 Å². The lowest BCUT2D eigenvalue weighted by Gasteiger charge is -2.10. The number of hydrogen-bond donors (Lipinski definition) is 0. The van der Waals surface area contributed by atoms with Crippen molar-refractivity contribution in [2.45, 2.75) is 6.61 Å². The number of oxime groups is 1. The molecule has 3 aromatic rings. The van der Waals surface area contributed by atoms with E-state index in [-0.39, 0.29) is 24.7 Å². The van der Waals surface area contributed by atoms with Gasteiger partial charge in [-0.05, 0) is 18.2 Å². The Kier molecular flexibility index (Phi) is 7.05. The number of ether oxygens (including phenoxy) is 1. The normalized spacial score (nSPS) is 11.2. The Hall–Kier alpha value is -3.09. The van der Waals surface area contributed by atoms with Crippen molar-refractivity contribution in [2.75, 3.05) is 6.61 Å². The molecule has 148 valence electrons. The average molecular weight is 431 g/mol. The van der Waals surface area contributed by atoms with E-state index < -0.39 is 4.92 Å². The van der Waals surface area contributed by atoms with Crippen molar-refractivity contribution < 1.29 is 14.5 Å². The predicted octanol–water partition coefficient (Wildman–Crippen LogP) is 5.90. The minimum atomic E-state index is -0.492. The summed E-state index contributed by atoms with van der Waals surface area (Å²) in [7, 11) is 0. The van der Waals surface area contributed by atoms with E-state index in [4.69, 9.17) is 32.8 Å². The molecule has 0 aliphatic heterocycles. The molecule has 0 amide bonds. The molecular formula is C21H16Cl2N2O4. The quantitative estimate of drug-likeness (QED) is 0.253. The molecular weight excluding hydrogens is 415 g/mol. The highest BCUT2D eigenvalue weighted by atomic mass is 35.5. The maximum Gasteiger partial charge on any atom is 0.310 e. The molecule has 0 radical (unpaired) electrons. The Labute approximate surface area is 177 Å². The van der Waals surface area contributed by atoms with Crippen molar-refractivity contribution in [3.8, 4) is 5.75 Å². The van der Waals surface area contributed by atoms with Gasteiger partial charge in [-0.1, -0.05) is 76.9 Å². The van der Waals surface area contributed by atoms with Crippen LogP contribution in [0, 0.1) is 10.1 Å². The first kappa shape index (κ1) is 20.6. The molecule has 0 aliphatic rings. The molecule has 0 saturated carbocycles. The van der Waals surface area contributed by atoms with Crippen LogP contribution in [0.4, 0.5) is 5.69 Å². The number of halogens is 2. The van der Waals surface area contributed by atoms with Crippen molar-refractivity contribution >= 4 is 34.6 Å². The van der Waals surface area contributed by atoms with E-state index in [1.807, 2.05) is 30.3 Å². The summed E-state index contributed by atoms with van der Waals surface area (Å²) in [6.45, 7) is 0.126. The number of nitro benzene ring substituents is 1. The van der Waals surface area contributed by atoms with Gasteiger partial charge in [-0.3, -0.25) is 10.1 Å². The van der Waals surface area contributed by atoms with Gasteiger partial charge < -0.3 is 9.57 Å². The topological polar surface area (TPSA) is 74.0 Å². The minimum Gasteiger partial charge on any atom is -0.480 e. The maximum atomic E-state index is 11.2. The molecule has 8 heteroatoms. The highest BCUT2D eigenvalue weighted by molar-refractivity contribution is 6.35. The SMILES string of the molecule is O=[N+]([O-])c1ccccc1OC/C(=N\OCc1ccc(Cl)cc1Cl)c1ccccc1. The van der Waals surface area contributed by atoms with E-state index in [0.717, 1.165) is 11.1 Å². The van der Waals surface area contributed by atoms with E-state index in [2.05, 4.69) is 5.16 Å². The first-order valence-electron chi connectivity index (χ1n) is 8.59. The zero-order chi connectivity index (χ0) is 20.6. The van der Waals surface area contributed by atoms with E-state index >= 15 is 0 Å². The highest BCUT2D eigenvalue weighted by Crippen LogP contribution is 2.26. The number of nitrogens with zero attached hydrogens (tertiary/aromatic N) is 2. The zero-order valence-electron chi connectivity index (χ0n) is 15.1. The molecule has 0 saturated heterocycles. The van der Waals surface area contributed by atoms with Gasteiger partial charge in [0.25, 0.3) is 0 Å². The van der Waals surface area contributed by atoms with Crippen LogP contribution >= 0.6 is 23.2 Å². The summed E-state index contributed by atoms with van der Waals surface area (Å²) in [5.41, 5.74) is 1.86. The van der Waals surface area contributed by atoms with Crippen LogP contribution in [0.3, 0.4) is 0 Å². The van der Waals surface area contributed by atoms with Crippen LogP contribution < -0.4 is 4.74 Å². The molecule has 0 fully saturated rings. The largest absolute Gasteiger partial charge is 0.480 e. The van der Waals surface area contributed by atoms with E-state index in [1.165, 1.54) is 12.1 Å². The van der Waals surface area contributed by atoms with Crippen molar-refractivity contribution in [1.29, 1.82) is 0 Å². The van der Waals surface area contributed by atoms with Gasteiger partial charge in [0, 0.05) is 27.2 Å². The summed E-state index contributed by atoms with van der Waals surface area (Å²) in [6, 6.07) is 20.5. The lowest BCUT2D eigenvalue weighted by molar-refractivity contribution is -0.385. The first-order chi connectivity index (χ1) is 14.0. The van der Waals surface area contributed by atoms with E-state index in [0.29, 0.717) is 15.8 Å². The molecule has 0 unspecified atom stereocenters. The summed E-state index contributed by atoms with van der Waals surface area (Å²) in [5, 5.41) is 16.4. The molecule has 0 N–H and O–H groups in total. The molecule has 0 aliphatic carbocycles. The Morgan fingerprint density at radius 3 is 2.45 bits per heavy atom. The molecule has 29 heavy (non-hydrogen) atoms. The van der Waals surface area contributed by atoms with Crippen molar-refractivity contribution in [2.24, 2.45) is 5.16 Å². The van der Waals surface area contributed by atoms with Crippen LogP contribution in [-0.4, -0.2) is 17.2 Å². The number of rotatable bonds is 8. The fourth-order valence-electron chi connectivity index (χ4n) is 2.49. The fraction of sp³-hybridized carbons (Fsp3) is 0.0952. The van der Waals surface area contributed by atoms with Gasteiger partial charge in [0.15, 0.2) is 5.75 Å². The van der Waals surface area contributed by atoms with Crippen LogP contribution in [-0.2, 0) is 11.4 Å². The highest BCUT2D eigenvalue weighted by Gasteiger charge is 2.15. The second kappa shape index (κ2) is 9.91. The van der Waals surface area contributed by atoms with Crippen molar-refractivity contribution in [3.63, 3.8) is 0 Å². The molecule has 0 aromatic heterocycles. The summed E-state index contributed by atoms with van der Waals surface area (Å²) >= 11 is 12.0. The molecule has 0 spiro atoms. The van der Waals surface area contributed by atoms with E-state index in [9.17, 15) is 10.1 Å². The number of para-hydroxylation sites is 2. The third-order valence-corrected chi connectivity index (χ3v) is 4.53. The number of hydrogen-bond acceptors (Lipinski definition) is 5. The molecule has 6 nitrogen and oxygen atoms in total.